The predicted octanol–water partition coefficient (Wildman–Crippen LogP) is 1.79. The highest BCUT2D eigenvalue weighted by molar-refractivity contribution is 5.66. The van der Waals surface area contributed by atoms with Crippen LogP contribution in [0.25, 0.3) is 5.78 Å². The number of aromatic nitrogens is 3. The Morgan fingerprint density at radius 1 is 1.43 bits per heavy atom. The fraction of sp³-hybridized carbons (Fsp3) is 0.533. The molecule has 1 saturated carbocycles. The maximum absolute atomic E-state index is 10.8. The minimum Gasteiger partial charge on any atom is -0.481 e. The van der Waals surface area contributed by atoms with E-state index in [-0.39, 0.29) is 6.42 Å². The predicted molar refractivity (Wildman–Crippen MR) is 78.1 cm³/mol. The summed E-state index contributed by atoms with van der Waals surface area (Å²) in [5.74, 6) is -0.0275. The molecule has 2 heterocycles. The molecule has 1 fully saturated rings. The monoisotopic (exact) mass is 288 g/mol. The number of hydrogen-bond donors (Lipinski definition) is 1. The van der Waals surface area contributed by atoms with Gasteiger partial charge < -0.3 is 5.11 Å². The van der Waals surface area contributed by atoms with Gasteiger partial charge >= 0.3 is 5.97 Å². The second kappa shape index (κ2) is 5.44. The van der Waals surface area contributed by atoms with E-state index >= 15 is 0 Å². The molecule has 3 rings (SSSR count). The van der Waals surface area contributed by atoms with E-state index in [1.54, 1.807) is 0 Å². The Bertz CT molecular complexity index is 676. The summed E-state index contributed by atoms with van der Waals surface area (Å²) in [7, 11) is 0. The molecule has 1 aliphatic carbocycles. The number of fused-ring (bicyclic) bond motifs is 1. The summed E-state index contributed by atoms with van der Waals surface area (Å²) in [6.07, 6.45) is 4.50. The first-order valence-electron chi connectivity index (χ1n) is 7.31. The van der Waals surface area contributed by atoms with Crippen LogP contribution in [-0.2, 0) is 11.3 Å². The van der Waals surface area contributed by atoms with E-state index in [0.717, 1.165) is 35.7 Å². The van der Waals surface area contributed by atoms with E-state index < -0.39 is 5.97 Å². The van der Waals surface area contributed by atoms with E-state index in [0.29, 0.717) is 19.1 Å². The molecule has 21 heavy (non-hydrogen) atoms. The molecule has 1 N–H and O–H groups in total. The molecule has 0 saturated heterocycles. The van der Waals surface area contributed by atoms with Gasteiger partial charge in [-0.25, -0.2) is 9.97 Å². The highest BCUT2D eigenvalue weighted by Crippen LogP contribution is 2.28. The normalized spacial score (nSPS) is 15.0. The summed E-state index contributed by atoms with van der Waals surface area (Å²) in [5.41, 5.74) is 3.02. The van der Waals surface area contributed by atoms with Crippen LogP contribution >= 0.6 is 0 Å². The number of hydrogen-bond acceptors (Lipinski definition) is 4. The van der Waals surface area contributed by atoms with Crippen molar-refractivity contribution in [3.05, 3.63) is 29.3 Å². The standard InChI is InChI=1S/C15H20N4O2/c1-10-7-11(2)19-9-12(17-15(19)16-10)8-18(13-3-4-13)6-5-14(20)21/h7,9,13H,3-6,8H2,1-2H3,(H,20,21). The summed E-state index contributed by atoms with van der Waals surface area (Å²) in [5, 5.41) is 8.86. The van der Waals surface area contributed by atoms with Gasteiger partial charge in [-0.3, -0.25) is 14.1 Å². The van der Waals surface area contributed by atoms with Crippen LogP contribution in [0.1, 0.15) is 36.3 Å². The molecular formula is C15H20N4O2. The SMILES string of the molecule is Cc1cc(C)n2cc(CN(CCC(=O)O)C3CC3)nc2n1. The maximum atomic E-state index is 10.8. The fourth-order valence-corrected chi connectivity index (χ4v) is 2.67. The smallest absolute Gasteiger partial charge is 0.304 e. The van der Waals surface area contributed by atoms with E-state index in [1.165, 1.54) is 0 Å². The minimum atomic E-state index is -0.746. The van der Waals surface area contributed by atoms with Crippen molar-refractivity contribution in [1.29, 1.82) is 0 Å². The first-order valence-corrected chi connectivity index (χ1v) is 7.31. The molecule has 2 aromatic heterocycles. The van der Waals surface area contributed by atoms with Gasteiger partial charge in [-0.2, -0.15) is 0 Å². The van der Waals surface area contributed by atoms with Crippen molar-refractivity contribution in [3.8, 4) is 0 Å². The Morgan fingerprint density at radius 2 is 2.19 bits per heavy atom. The molecular weight excluding hydrogens is 268 g/mol. The third kappa shape index (κ3) is 3.21. The van der Waals surface area contributed by atoms with Crippen LogP contribution in [0, 0.1) is 13.8 Å². The van der Waals surface area contributed by atoms with Gasteiger partial charge in [0.15, 0.2) is 0 Å². The second-order valence-electron chi connectivity index (χ2n) is 5.79. The average Bonchev–Trinajstić information content (AvgIpc) is 3.15. The van der Waals surface area contributed by atoms with Crippen LogP contribution in [0.3, 0.4) is 0 Å². The molecule has 0 atom stereocenters. The first kappa shape index (κ1) is 14.0. The van der Waals surface area contributed by atoms with E-state index in [4.69, 9.17) is 5.11 Å². The Balaban J connectivity index is 1.79. The Morgan fingerprint density at radius 3 is 2.86 bits per heavy atom. The highest BCUT2D eigenvalue weighted by atomic mass is 16.4. The molecule has 112 valence electrons. The number of aryl methyl sites for hydroxylation is 2. The molecule has 6 nitrogen and oxygen atoms in total. The topological polar surface area (TPSA) is 70.7 Å². The quantitative estimate of drug-likeness (QED) is 0.877. The lowest BCUT2D eigenvalue weighted by Gasteiger charge is -2.19. The van der Waals surface area contributed by atoms with Crippen LogP contribution in [-0.4, -0.2) is 42.9 Å². The highest BCUT2D eigenvalue weighted by Gasteiger charge is 2.29. The Kier molecular flexibility index (Phi) is 3.63. The number of aliphatic carboxylic acids is 1. The molecule has 1 aliphatic rings. The summed E-state index contributed by atoms with van der Waals surface area (Å²) in [4.78, 5) is 22.0. The zero-order valence-electron chi connectivity index (χ0n) is 12.4. The number of carbonyl (C=O) groups is 1. The largest absolute Gasteiger partial charge is 0.481 e. The van der Waals surface area contributed by atoms with Gasteiger partial charge in [0.2, 0.25) is 5.78 Å². The van der Waals surface area contributed by atoms with Gasteiger partial charge in [0.05, 0.1) is 12.1 Å². The molecule has 0 radical (unpaired) electrons. The van der Waals surface area contributed by atoms with Crippen molar-refractivity contribution in [2.75, 3.05) is 6.54 Å². The third-order valence-electron chi connectivity index (χ3n) is 3.85. The van der Waals surface area contributed by atoms with Gasteiger partial charge in [0, 0.05) is 36.7 Å². The molecule has 0 aromatic carbocycles. The number of rotatable bonds is 6. The van der Waals surface area contributed by atoms with Crippen molar-refractivity contribution in [2.24, 2.45) is 0 Å². The molecule has 6 heteroatoms. The number of carboxylic acid groups (broad SMARTS) is 1. The number of nitrogens with zero attached hydrogens (tertiary/aromatic N) is 4. The van der Waals surface area contributed by atoms with Crippen molar-refractivity contribution in [1.82, 2.24) is 19.3 Å². The summed E-state index contributed by atoms with van der Waals surface area (Å²) in [6, 6.07) is 2.55. The molecule has 0 spiro atoms. The van der Waals surface area contributed by atoms with Gasteiger partial charge in [-0.1, -0.05) is 0 Å². The molecule has 0 bridgehead atoms. The van der Waals surface area contributed by atoms with Crippen molar-refractivity contribution < 1.29 is 9.90 Å². The van der Waals surface area contributed by atoms with Crippen LogP contribution in [0.15, 0.2) is 12.3 Å². The van der Waals surface area contributed by atoms with Crippen LogP contribution in [0.4, 0.5) is 0 Å². The molecule has 0 aliphatic heterocycles. The average molecular weight is 288 g/mol. The van der Waals surface area contributed by atoms with Gasteiger partial charge in [-0.05, 0) is 32.8 Å². The Hall–Kier alpha value is -1.95. The molecule has 2 aromatic rings. The van der Waals surface area contributed by atoms with E-state index in [1.807, 2.05) is 30.5 Å². The van der Waals surface area contributed by atoms with E-state index in [2.05, 4.69) is 14.9 Å². The van der Waals surface area contributed by atoms with Crippen molar-refractivity contribution in [3.63, 3.8) is 0 Å². The van der Waals surface area contributed by atoms with E-state index in [9.17, 15) is 4.79 Å². The minimum absolute atomic E-state index is 0.181. The van der Waals surface area contributed by atoms with Gasteiger partial charge in [0.25, 0.3) is 0 Å². The zero-order chi connectivity index (χ0) is 15.0. The van der Waals surface area contributed by atoms with Crippen LogP contribution in [0.5, 0.6) is 0 Å². The lowest BCUT2D eigenvalue weighted by atomic mass is 10.3. The lowest BCUT2D eigenvalue weighted by Crippen LogP contribution is -2.28. The number of imidazole rings is 1. The second-order valence-corrected chi connectivity index (χ2v) is 5.79. The van der Waals surface area contributed by atoms with Crippen LogP contribution in [0.2, 0.25) is 0 Å². The summed E-state index contributed by atoms with van der Waals surface area (Å²) < 4.78 is 1.99. The Labute approximate surface area is 123 Å². The van der Waals surface area contributed by atoms with Crippen molar-refractivity contribution >= 4 is 11.7 Å². The lowest BCUT2D eigenvalue weighted by molar-refractivity contribution is -0.137. The van der Waals surface area contributed by atoms with Crippen molar-refractivity contribution in [2.45, 2.75) is 45.7 Å². The fourth-order valence-electron chi connectivity index (χ4n) is 2.67. The molecule has 0 unspecified atom stereocenters. The third-order valence-corrected chi connectivity index (χ3v) is 3.85. The first-order chi connectivity index (χ1) is 10.0. The molecule has 0 amide bonds. The zero-order valence-corrected chi connectivity index (χ0v) is 12.4. The summed E-state index contributed by atoms with van der Waals surface area (Å²) >= 11 is 0. The van der Waals surface area contributed by atoms with Gasteiger partial charge in [-0.15, -0.1) is 0 Å². The van der Waals surface area contributed by atoms with Gasteiger partial charge in [0.1, 0.15) is 0 Å². The number of carboxylic acids is 1. The van der Waals surface area contributed by atoms with Crippen LogP contribution < -0.4 is 0 Å². The maximum Gasteiger partial charge on any atom is 0.304 e. The summed E-state index contributed by atoms with van der Waals surface area (Å²) in [6.45, 7) is 5.28.